The van der Waals surface area contributed by atoms with E-state index in [-0.39, 0.29) is 17.8 Å². The van der Waals surface area contributed by atoms with Crippen LogP contribution >= 0.6 is 11.6 Å². The Kier molecular flexibility index (Phi) is 5.17. The highest BCUT2D eigenvalue weighted by Crippen LogP contribution is 2.16. The number of halogens is 2. The smallest absolute Gasteiger partial charge is 0.251 e. The van der Waals surface area contributed by atoms with E-state index in [4.69, 9.17) is 16.3 Å². The van der Waals surface area contributed by atoms with Crippen LogP contribution in [0.4, 0.5) is 4.39 Å². The Balaban J connectivity index is 1.83. The molecule has 1 atom stereocenters. The van der Waals surface area contributed by atoms with Crippen LogP contribution in [0.1, 0.15) is 17.3 Å². The molecule has 0 aliphatic heterocycles. The van der Waals surface area contributed by atoms with Crippen molar-refractivity contribution in [1.29, 1.82) is 0 Å². The van der Waals surface area contributed by atoms with E-state index in [0.717, 1.165) is 0 Å². The normalized spacial score (nSPS) is 11.8. The second-order valence-corrected chi connectivity index (χ2v) is 5.04. The van der Waals surface area contributed by atoms with Crippen LogP contribution < -0.4 is 10.1 Å². The Morgan fingerprint density at radius 1 is 1.19 bits per heavy atom. The highest BCUT2D eigenvalue weighted by Gasteiger charge is 2.09. The maximum absolute atomic E-state index is 12.8. The lowest BCUT2D eigenvalue weighted by molar-refractivity contribution is 0.0932. The zero-order valence-electron chi connectivity index (χ0n) is 11.5. The van der Waals surface area contributed by atoms with Crippen molar-refractivity contribution in [2.24, 2.45) is 0 Å². The first-order valence-electron chi connectivity index (χ1n) is 6.50. The first-order chi connectivity index (χ1) is 10.0. The van der Waals surface area contributed by atoms with Gasteiger partial charge in [0.05, 0.1) is 6.54 Å². The van der Waals surface area contributed by atoms with Crippen molar-refractivity contribution < 1.29 is 13.9 Å². The first kappa shape index (κ1) is 15.3. The van der Waals surface area contributed by atoms with E-state index in [2.05, 4.69) is 5.32 Å². The molecule has 0 spiro atoms. The van der Waals surface area contributed by atoms with Gasteiger partial charge in [0.1, 0.15) is 17.7 Å². The average Bonchev–Trinajstić information content (AvgIpc) is 2.48. The lowest BCUT2D eigenvalue weighted by Gasteiger charge is -2.15. The van der Waals surface area contributed by atoms with Crippen molar-refractivity contribution in [3.8, 4) is 5.75 Å². The molecule has 2 aromatic rings. The molecule has 1 amide bonds. The molecule has 0 fully saturated rings. The minimum absolute atomic E-state index is 0.199. The Morgan fingerprint density at radius 2 is 1.81 bits per heavy atom. The van der Waals surface area contributed by atoms with Gasteiger partial charge in [-0.15, -0.1) is 0 Å². The second-order valence-electron chi connectivity index (χ2n) is 4.60. The van der Waals surface area contributed by atoms with Crippen molar-refractivity contribution in [2.45, 2.75) is 13.0 Å². The summed E-state index contributed by atoms with van der Waals surface area (Å²) in [7, 11) is 0. The topological polar surface area (TPSA) is 38.3 Å². The van der Waals surface area contributed by atoms with Gasteiger partial charge < -0.3 is 10.1 Å². The molecule has 110 valence electrons. The largest absolute Gasteiger partial charge is 0.489 e. The monoisotopic (exact) mass is 307 g/mol. The van der Waals surface area contributed by atoms with E-state index in [1.165, 1.54) is 24.3 Å². The molecule has 1 N–H and O–H groups in total. The van der Waals surface area contributed by atoms with Crippen LogP contribution in [0.5, 0.6) is 5.75 Å². The molecule has 2 rings (SSSR count). The summed E-state index contributed by atoms with van der Waals surface area (Å²) in [5.41, 5.74) is 0.412. The SMILES string of the molecule is C[C@@H](CNC(=O)c1ccc(F)cc1)Oc1ccc(Cl)cc1. The molecule has 3 nitrogen and oxygen atoms in total. The molecule has 2 aromatic carbocycles. The molecule has 0 aromatic heterocycles. The van der Waals surface area contributed by atoms with Crippen LogP contribution in [-0.4, -0.2) is 18.6 Å². The van der Waals surface area contributed by atoms with Gasteiger partial charge in [-0.25, -0.2) is 4.39 Å². The van der Waals surface area contributed by atoms with Gasteiger partial charge in [-0.2, -0.15) is 0 Å². The van der Waals surface area contributed by atoms with Gasteiger partial charge in [0.25, 0.3) is 5.91 Å². The van der Waals surface area contributed by atoms with Gasteiger partial charge in [-0.05, 0) is 55.5 Å². The number of carbonyl (C=O) groups excluding carboxylic acids is 1. The Morgan fingerprint density at radius 3 is 2.43 bits per heavy atom. The van der Waals surface area contributed by atoms with E-state index in [9.17, 15) is 9.18 Å². The van der Waals surface area contributed by atoms with Gasteiger partial charge in [0, 0.05) is 10.6 Å². The predicted octanol–water partition coefficient (Wildman–Crippen LogP) is 3.68. The summed E-state index contributed by atoms with van der Waals surface area (Å²) in [4.78, 5) is 11.9. The number of hydrogen-bond acceptors (Lipinski definition) is 2. The fraction of sp³-hybridized carbons (Fsp3) is 0.188. The zero-order valence-corrected chi connectivity index (χ0v) is 12.2. The maximum Gasteiger partial charge on any atom is 0.251 e. The highest BCUT2D eigenvalue weighted by atomic mass is 35.5. The van der Waals surface area contributed by atoms with Crippen molar-refractivity contribution >= 4 is 17.5 Å². The molecular formula is C16H15ClFNO2. The average molecular weight is 308 g/mol. The molecule has 0 aliphatic carbocycles. The number of hydrogen-bond donors (Lipinski definition) is 1. The summed E-state index contributed by atoms with van der Waals surface area (Å²) in [6, 6.07) is 12.4. The molecule has 5 heteroatoms. The third-order valence-corrected chi connectivity index (χ3v) is 3.06. The van der Waals surface area contributed by atoms with Crippen molar-refractivity contribution in [3.05, 3.63) is 64.9 Å². The lowest BCUT2D eigenvalue weighted by atomic mass is 10.2. The summed E-state index contributed by atoms with van der Waals surface area (Å²) in [6.07, 6.45) is -0.199. The number of carbonyl (C=O) groups is 1. The number of ether oxygens (including phenoxy) is 1. The predicted molar refractivity (Wildman–Crippen MR) is 80.3 cm³/mol. The molecular weight excluding hydrogens is 293 g/mol. The number of amides is 1. The van der Waals surface area contributed by atoms with Crippen LogP contribution in [-0.2, 0) is 0 Å². The van der Waals surface area contributed by atoms with Crippen LogP contribution in [0, 0.1) is 5.82 Å². The van der Waals surface area contributed by atoms with E-state index in [1.807, 2.05) is 6.92 Å². The quantitative estimate of drug-likeness (QED) is 0.915. The standard InChI is InChI=1S/C16H15ClFNO2/c1-11(21-15-8-4-13(17)5-9-15)10-19-16(20)12-2-6-14(18)7-3-12/h2-9,11H,10H2,1H3,(H,19,20)/t11-/m0/s1. The Hall–Kier alpha value is -2.07. The summed E-state index contributed by atoms with van der Waals surface area (Å²) in [6.45, 7) is 2.19. The van der Waals surface area contributed by atoms with Crippen molar-refractivity contribution in [3.63, 3.8) is 0 Å². The third kappa shape index (κ3) is 4.76. The summed E-state index contributed by atoms with van der Waals surface area (Å²) in [5, 5.41) is 3.38. The zero-order chi connectivity index (χ0) is 15.2. The maximum atomic E-state index is 12.8. The van der Waals surface area contributed by atoms with E-state index in [1.54, 1.807) is 24.3 Å². The second kappa shape index (κ2) is 7.09. The summed E-state index contributed by atoms with van der Waals surface area (Å²) in [5.74, 6) is 0.0514. The van der Waals surface area contributed by atoms with E-state index < -0.39 is 0 Å². The van der Waals surface area contributed by atoms with Crippen LogP contribution in [0.3, 0.4) is 0 Å². The number of rotatable bonds is 5. The molecule has 21 heavy (non-hydrogen) atoms. The molecule has 0 saturated carbocycles. The van der Waals surface area contributed by atoms with Crippen molar-refractivity contribution in [1.82, 2.24) is 5.32 Å². The Labute approximate surface area is 127 Å². The molecule has 0 unspecified atom stereocenters. The van der Waals surface area contributed by atoms with Crippen LogP contribution in [0.15, 0.2) is 48.5 Å². The number of nitrogens with one attached hydrogen (secondary N) is 1. The van der Waals surface area contributed by atoms with E-state index in [0.29, 0.717) is 22.9 Å². The van der Waals surface area contributed by atoms with E-state index >= 15 is 0 Å². The first-order valence-corrected chi connectivity index (χ1v) is 6.88. The van der Waals surface area contributed by atoms with Gasteiger partial charge >= 0.3 is 0 Å². The summed E-state index contributed by atoms with van der Waals surface area (Å²) < 4.78 is 18.4. The third-order valence-electron chi connectivity index (χ3n) is 2.81. The lowest BCUT2D eigenvalue weighted by Crippen LogP contribution is -2.33. The highest BCUT2D eigenvalue weighted by molar-refractivity contribution is 6.30. The Bertz CT molecular complexity index is 599. The van der Waals surface area contributed by atoms with Gasteiger partial charge in [-0.1, -0.05) is 11.6 Å². The molecule has 0 aliphatic rings. The van der Waals surface area contributed by atoms with Crippen LogP contribution in [0.2, 0.25) is 5.02 Å². The molecule has 0 radical (unpaired) electrons. The summed E-state index contributed by atoms with van der Waals surface area (Å²) >= 11 is 5.79. The fourth-order valence-corrected chi connectivity index (χ4v) is 1.85. The molecule has 0 saturated heterocycles. The van der Waals surface area contributed by atoms with Crippen molar-refractivity contribution in [2.75, 3.05) is 6.54 Å². The molecule has 0 heterocycles. The van der Waals surface area contributed by atoms with Gasteiger partial charge in [0.15, 0.2) is 0 Å². The minimum atomic E-state index is -0.369. The minimum Gasteiger partial charge on any atom is -0.489 e. The van der Waals surface area contributed by atoms with Gasteiger partial charge in [0.2, 0.25) is 0 Å². The van der Waals surface area contributed by atoms with Gasteiger partial charge in [-0.3, -0.25) is 4.79 Å². The number of benzene rings is 2. The van der Waals surface area contributed by atoms with Crippen LogP contribution in [0.25, 0.3) is 0 Å². The molecule has 0 bridgehead atoms. The fourth-order valence-electron chi connectivity index (χ4n) is 1.73.